The first-order valence-corrected chi connectivity index (χ1v) is 36.3. The van der Waals surface area contributed by atoms with Gasteiger partial charge in [-0.05, 0) is 122 Å². The Kier molecular flexibility index (Phi) is 26.0. The van der Waals surface area contributed by atoms with Crippen molar-refractivity contribution in [2.75, 3.05) is 77.8 Å². The molecule has 104 heavy (non-hydrogen) atoms. The number of hydrogen-bond donors (Lipinski definition) is 14. The van der Waals surface area contributed by atoms with Gasteiger partial charge in [-0.3, -0.25) is 9.59 Å². The van der Waals surface area contributed by atoms with Crippen LogP contribution in [0.2, 0.25) is 0 Å². The summed E-state index contributed by atoms with van der Waals surface area (Å²) in [6.07, 6.45) is -14.9. The highest BCUT2D eigenvalue weighted by Crippen LogP contribution is 2.52. The van der Waals surface area contributed by atoms with Crippen LogP contribution >= 0.6 is 0 Å². The van der Waals surface area contributed by atoms with Crippen molar-refractivity contribution in [1.29, 1.82) is 0 Å². The molecule has 7 aliphatic rings. The molecule has 4 fully saturated rings. The second kappa shape index (κ2) is 34.3. The number of aliphatic hydroxyl groups is 12. The fourth-order valence-electron chi connectivity index (χ4n) is 16.0. The molecule has 11 rings (SSSR count). The predicted molar refractivity (Wildman–Crippen MR) is 380 cm³/mol. The number of aliphatic hydroxyl groups excluding tert-OH is 12. The normalized spacial score (nSPS) is 33.5. The Bertz CT molecular complexity index is 3800. The molecule has 1 aliphatic carbocycles. The number of anilines is 1. The van der Waals surface area contributed by atoms with Crippen LogP contribution in [-0.4, -0.2) is 279 Å². The Morgan fingerprint density at radius 1 is 0.567 bits per heavy atom. The maximum atomic E-state index is 13.9. The van der Waals surface area contributed by atoms with Crippen molar-refractivity contribution in [2.45, 2.75) is 220 Å². The quantitative estimate of drug-likeness (QED) is 0.0285. The van der Waals surface area contributed by atoms with Crippen LogP contribution in [0.5, 0.6) is 0 Å². The van der Waals surface area contributed by atoms with Gasteiger partial charge in [-0.25, -0.2) is 0 Å². The first-order chi connectivity index (χ1) is 49.9. The molecule has 0 bridgehead atoms. The molecule has 2 amide bonds. The van der Waals surface area contributed by atoms with Crippen LogP contribution in [0, 0.1) is 0 Å². The average Bonchev–Trinajstić information content (AvgIpc) is 1.57. The highest BCUT2D eigenvalue weighted by molar-refractivity contribution is 6.08. The summed E-state index contributed by atoms with van der Waals surface area (Å²) >= 11 is 0. The SMILES string of the molecule is COC1=C(C=CC2=[N+](CCC(=O)NCCCO[C@@H]3[C@@H](O)[C@H](OC4O[C@H](CO)[C@@H](O)[C@H](O)[C@H]4O)[C@@H](CO)O[C@@H]3C)c3ccc4ccccc4c3C2(C)C)CCCC1=CC=C1N(CCC(=O)NCCCO[C@H]2[C@@H](OC3[C@@H](CO)O[C@H](C)[C@H](O)[C@H]3O)O[C@H](CO)[C@@H](O)[C@@H]2O)c2ccc3ccccc3c2C1(C)C. The number of nitrogens with one attached hydrogen (secondary N) is 2. The third-order valence-corrected chi connectivity index (χ3v) is 21.5. The topological polar surface area (TPSA) is 390 Å². The summed E-state index contributed by atoms with van der Waals surface area (Å²) in [5, 5.41) is 137. The molecular weight excluding hydrogens is 1350 g/mol. The minimum atomic E-state index is -1.75. The van der Waals surface area contributed by atoms with Gasteiger partial charge in [0.2, 0.25) is 17.5 Å². The van der Waals surface area contributed by atoms with Crippen molar-refractivity contribution in [3.8, 4) is 0 Å². The maximum Gasteiger partial charge on any atom is 0.226 e. The highest BCUT2D eigenvalue weighted by Gasteiger charge is 2.53. The van der Waals surface area contributed by atoms with E-state index in [1.807, 2.05) is 24.3 Å². The molecular formula is C77H105N4O23+. The zero-order valence-corrected chi connectivity index (χ0v) is 60.1. The number of benzene rings is 4. The van der Waals surface area contributed by atoms with Crippen LogP contribution < -0.4 is 15.5 Å². The number of fused-ring (bicyclic) bond motifs is 6. The van der Waals surface area contributed by atoms with E-state index in [0.29, 0.717) is 19.5 Å². The summed E-state index contributed by atoms with van der Waals surface area (Å²) < 4.78 is 55.5. The van der Waals surface area contributed by atoms with Crippen LogP contribution in [0.4, 0.5) is 11.4 Å². The molecule has 4 aromatic carbocycles. The number of carbonyl (C=O) groups excluding carboxylic acids is 2. The van der Waals surface area contributed by atoms with Gasteiger partial charge in [-0.2, -0.15) is 4.58 Å². The minimum Gasteiger partial charge on any atom is -0.496 e. The molecule has 0 spiro atoms. The maximum absolute atomic E-state index is 13.9. The summed E-state index contributed by atoms with van der Waals surface area (Å²) in [5.74, 6) is 0.373. The number of amides is 2. The average molecular weight is 1450 g/mol. The van der Waals surface area contributed by atoms with Gasteiger partial charge in [-0.1, -0.05) is 74.5 Å². The van der Waals surface area contributed by atoms with Crippen molar-refractivity contribution < 1.29 is 118 Å². The van der Waals surface area contributed by atoms with E-state index in [1.54, 1.807) is 14.0 Å². The second-order valence-corrected chi connectivity index (χ2v) is 29.1. The third kappa shape index (κ3) is 16.3. The Labute approximate surface area is 605 Å². The molecule has 27 nitrogen and oxygen atoms in total. The lowest BCUT2D eigenvalue weighted by Crippen LogP contribution is -2.64. The number of ether oxygens (including phenoxy) is 9. The van der Waals surface area contributed by atoms with Crippen molar-refractivity contribution >= 4 is 50.4 Å². The molecule has 14 N–H and O–H groups in total. The number of carbonyl (C=O) groups is 2. The Morgan fingerprint density at radius 2 is 1.12 bits per heavy atom. The summed E-state index contributed by atoms with van der Waals surface area (Å²) in [6, 6.07) is 25.0. The molecule has 0 radical (unpaired) electrons. The van der Waals surface area contributed by atoms with Crippen LogP contribution in [0.3, 0.4) is 0 Å². The van der Waals surface area contributed by atoms with Gasteiger partial charge < -0.3 is 119 Å². The Balaban J connectivity index is 0.758. The first kappa shape index (κ1) is 78.8. The summed E-state index contributed by atoms with van der Waals surface area (Å²) in [7, 11) is 1.69. The molecule has 0 saturated carbocycles. The number of allylic oxidation sites excluding steroid dienone is 7. The number of nitrogens with zero attached hydrogens (tertiary/aromatic N) is 2. The fourth-order valence-corrected chi connectivity index (χ4v) is 16.0. The van der Waals surface area contributed by atoms with Crippen molar-refractivity contribution in [2.24, 2.45) is 0 Å². The monoisotopic (exact) mass is 1450 g/mol. The number of methoxy groups -OCH3 is 1. The van der Waals surface area contributed by atoms with Gasteiger partial charge in [0.05, 0.1) is 57.6 Å². The summed E-state index contributed by atoms with van der Waals surface area (Å²) in [6.45, 7) is 10.7. The van der Waals surface area contributed by atoms with Crippen LogP contribution in [0.15, 0.2) is 120 Å². The zero-order chi connectivity index (χ0) is 74.5. The summed E-state index contributed by atoms with van der Waals surface area (Å²) in [4.78, 5) is 29.9. The molecule has 27 heteroatoms. The van der Waals surface area contributed by atoms with Gasteiger partial charge in [0, 0.05) is 73.8 Å². The molecule has 20 atom stereocenters. The lowest BCUT2D eigenvalue weighted by molar-refractivity contribution is -0.436. The largest absolute Gasteiger partial charge is 0.496 e. The van der Waals surface area contributed by atoms with E-state index >= 15 is 0 Å². The van der Waals surface area contributed by atoms with Crippen molar-refractivity contribution in [1.82, 2.24) is 10.6 Å². The molecule has 4 aromatic rings. The van der Waals surface area contributed by atoms with E-state index in [0.717, 1.165) is 91.6 Å². The standard InChI is InChI=1S/C77H104N4O23/c1-41-61(88)65(92)71(53(39-84)99-41)104-75-73(66(93)63(90)52(38-83)102-75)98-36-14-32-79-58(87)30-34-81-50-26-22-44-16-9-11-20-48(44)60(50)77(5,6)56(81)28-24-46-18-12-17-45(70(46)96-7)23-27-55-76(3,4)59-47-19-10-8-15-43(47)21-25-49(59)80(55)33-29-57(86)78-31-13-35-97-69-42(2)100-54(40-85)72(68(69)95)103-74-67(94)64(91)62(89)51(37-82)101-74/h8-11,15-16,19-28,41-42,51-54,61-69,71-75,82-85,88-95H,12-14,17-18,29-40H2,1-7H3,(H-,78,79,86,87)/p+1/t41-,42-,51-,52-,53-,54-,61+,62-,63-,64+,65-,66+,67-,68-,69+,71?,72-,73-,74?,75-/m1/s1. The molecule has 2 unspecified atom stereocenters. The summed E-state index contributed by atoms with van der Waals surface area (Å²) in [5.41, 5.74) is 7.31. The number of rotatable bonds is 28. The second-order valence-electron chi connectivity index (χ2n) is 29.1. The predicted octanol–water partition coefficient (Wildman–Crippen LogP) is 1.83. The van der Waals surface area contributed by atoms with E-state index in [9.17, 15) is 70.9 Å². The minimum absolute atomic E-state index is 0.0395. The van der Waals surface area contributed by atoms with Crippen molar-refractivity contribution in [3.05, 3.63) is 131 Å². The zero-order valence-electron chi connectivity index (χ0n) is 60.1. The lowest BCUT2D eigenvalue weighted by Gasteiger charge is -2.46. The number of hydrogen-bond acceptors (Lipinski definition) is 24. The van der Waals surface area contributed by atoms with Gasteiger partial charge in [0.25, 0.3) is 0 Å². The van der Waals surface area contributed by atoms with E-state index in [4.69, 9.17) is 42.6 Å². The Hall–Kier alpha value is -6.23. The third-order valence-electron chi connectivity index (χ3n) is 21.5. The van der Waals surface area contributed by atoms with Crippen molar-refractivity contribution in [3.63, 3.8) is 0 Å². The molecule has 0 aromatic heterocycles. The van der Waals surface area contributed by atoms with Crippen LogP contribution in [0.25, 0.3) is 21.5 Å². The van der Waals surface area contributed by atoms with Crippen LogP contribution in [0.1, 0.15) is 97.6 Å². The van der Waals surface area contributed by atoms with Gasteiger partial charge in [0.15, 0.2) is 24.8 Å². The first-order valence-electron chi connectivity index (χ1n) is 36.3. The molecule has 4 saturated heterocycles. The molecule has 6 heterocycles. The smallest absolute Gasteiger partial charge is 0.226 e. The van der Waals surface area contributed by atoms with Gasteiger partial charge in [-0.15, -0.1) is 0 Å². The molecule has 6 aliphatic heterocycles. The van der Waals surface area contributed by atoms with E-state index in [2.05, 4.69) is 121 Å². The molecule has 570 valence electrons. The van der Waals surface area contributed by atoms with Gasteiger partial charge in [0.1, 0.15) is 103 Å². The van der Waals surface area contributed by atoms with Gasteiger partial charge >= 0.3 is 0 Å². The lowest BCUT2D eigenvalue weighted by atomic mass is 9.78. The van der Waals surface area contributed by atoms with Crippen LogP contribution in [-0.2, 0) is 63.1 Å². The fraction of sp³-hybridized carbons (Fsp3) is 0.597. The Morgan fingerprint density at radius 3 is 1.77 bits per heavy atom. The van der Waals surface area contributed by atoms with E-state index in [-0.39, 0.29) is 57.4 Å². The van der Waals surface area contributed by atoms with E-state index in [1.165, 1.54) is 6.92 Å². The van der Waals surface area contributed by atoms with E-state index < -0.39 is 160 Å². The highest BCUT2D eigenvalue weighted by atomic mass is 16.7.